The van der Waals surface area contributed by atoms with Crippen LogP contribution in [0.2, 0.25) is 0 Å². The monoisotopic (exact) mass is 321 g/mol. The molecule has 3 heteroatoms. The molecule has 1 amide bonds. The maximum atomic E-state index is 13.0. The second-order valence-electron chi connectivity index (χ2n) is 6.59. The summed E-state index contributed by atoms with van der Waals surface area (Å²) in [5.74, 6) is 0.242. The number of carbonyl (C=O) groups excluding carboxylic acids is 2. The van der Waals surface area contributed by atoms with Gasteiger partial charge < -0.3 is 9.69 Å². The first-order chi connectivity index (χ1) is 11.6. The Morgan fingerprint density at radius 1 is 1.12 bits per heavy atom. The van der Waals surface area contributed by atoms with Crippen LogP contribution in [0, 0.1) is 0 Å². The molecule has 0 unspecified atom stereocenters. The third kappa shape index (κ3) is 3.40. The van der Waals surface area contributed by atoms with Crippen molar-refractivity contribution in [2.45, 2.75) is 45.6 Å². The van der Waals surface area contributed by atoms with Crippen molar-refractivity contribution in [1.29, 1.82) is 0 Å². The van der Waals surface area contributed by atoms with Crippen molar-refractivity contribution in [3.63, 3.8) is 0 Å². The third-order valence-corrected chi connectivity index (χ3v) is 4.69. The number of Topliss-reactive ketones (excluding diaryl/α,β-unsaturated/α-hetero) is 1. The van der Waals surface area contributed by atoms with Crippen LogP contribution in [0.15, 0.2) is 48.5 Å². The van der Waals surface area contributed by atoms with Gasteiger partial charge in [-0.3, -0.25) is 4.79 Å². The first-order valence-electron chi connectivity index (χ1n) is 8.56. The van der Waals surface area contributed by atoms with Crippen molar-refractivity contribution >= 4 is 17.4 Å². The fourth-order valence-electron chi connectivity index (χ4n) is 3.28. The minimum Gasteiger partial charge on any atom is -0.305 e. The lowest BCUT2D eigenvalue weighted by Gasteiger charge is -2.35. The summed E-state index contributed by atoms with van der Waals surface area (Å²) in [6, 6.07) is 15.9. The van der Waals surface area contributed by atoms with E-state index in [4.69, 9.17) is 0 Å². The van der Waals surface area contributed by atoms with Crippen molar-refractivity contribution in [3.05, 3.63) is 65.2 Å². The first kappa shape index (κ1) is 16.4. The summed E-state index contributed by atoms with van der Waals surface area (Å²) >= 11 is 0. The smallest absolute Gasteiger partial charge is 0.258 e. The molecule has 2 aromatic carbocycles. The molecule has 1 aliphatic rings. The second kappa shape index (κ2) is 7.00. The molecule has 2 aromatic rings. The van der Waals surface area contributed by atoms with Gasteiger partial charge in [0.25, 0.3) is 5.91 Å². The molecule has 0 N–H and O–H groups in total. The average Bonchev–Trinajstić information content (AvgIpc) is 2.60. The predicted octanol–water partition coefficient (Wildman–Crippen LogP) is 4.19. The number of hydrogen-bond acceptors (Lipinski definition) is 2. The van der Waals surface area contributed by atoms with E-state index in [1.165, 1.54) is 5.56 Å². The number of anilines is 1. The predicted molar refractivity (Wildman–Crippen MR) is 96.5 cm³/mol. The van der Waals surface area contributed by atoms with Crippen LogP contribution in [-0.4, -0.2) is 17.7 Å². The van der Waals surface area contributed by atoms with E-state index in [9.17, 15) is 9.59 Å². The Balaban J connectivity index is 1.95. The van der Waals surface area contributed by atoms with E-state index in [2.05, 4.69) is 25.1 Å². The zero-order chi connectivity index (χ0) is 17.1. The maximum Gasteiger partial charge on any atom is 0.258 e. The number of aryl methyl sites for hydroxylation is 2. The summed E-state index contributed by atoms with van der Waals surface area (Å²) in [4.78, 5) is 26.2. The summed E-state index contributed by atoms with van der Waals surface area (Å²) in [5, 5.41) is 0. The molecule has 0 spiro atoms. The van der Waals surface area contributed by atoms with Gasteiger partial charge in [-0.25, -0.2) is 0 Å². The molecule has 3 rings (SSSR count). The standard InChI is InChI=1S/C21H23NO2/c1-15-8-12-18-13-11-17(10-9-16(2)23)14-20(18)22(15)21(24)19-6-4-3-5-7-19/h3-7,11,13-15H,8-10,12H2,1-2H3/t15-/m0/s1. The lowest BCUT2D eigenvalue weighted by atomic mass is 9.93. The van der Waals surface area contributed by atoms with Crippen LogP contribution in [0.3, 0.4) is 0 Å². The zero-order valence-electron chi connectivity index (χ0n) is 14.3. The van der Waals surface area contributed by atoms with Gasteiger partial charge >= 0.3 is 0 Å². The van der Waals surface area contributed by atoms with E-state index in [1.807, 2.05) is 35.2 Å². The Labute approximate surface area is 143 Å². The summed E-state index contributed by atoms with van der Waals surface area (Å²) in [7, 11) is 0. The third-order valence-electron chi connectivity index (χ3n) is 4.69. The van der Waals surface area contributed by atoms with Crippen LogP contribution in [0.5, 0.6) is 0 Å². The quantitative estimate of drug-likeness (QED) is 0.847. The molecule has 1 heterocycles. The van der Waals surface area contributed by atoms with Crippen LogP contribution in [0.1, 0.15) is 48.2 Å². The Bertz CT molecular complexity index is 752. The Hall–Kier alpha value is -2.42. The summed E-state index contributed by atoms with van der Waals surface area (Å²) < 4.78 is 0. The highest BCUT2D eigenvalue weighted by atomic mass is 16.2. The van der Waals surface area contributed by atoms with Crippen LogP contribution in [0.4, 0.5) is 5.69 Å². The van der Waals surface area contributed by atoms with Gasteiger partial charge in [-0.15, -0.1) is 0 Å². The largest absolute Gasteiger partial charge is 0.305 e. The van der Waals surface area contributed by atoms with Crippen LogP contribution < -0.4 is 4.90 Å². The maximum absolute atomic E-state index is 13.0. The lowest BCUT2D eigenvalue weighted by molar-refractivity contribution is -0.116. The molecule has 0 fully saturated rings. The number of rotatable bonds is 4. The second-order valence-corrected chi connectivity index (χ2v) is 6.59. The van der Waals surface area contributed by atoms with Gasteiger partial charge in [-0.2, -0.15) is 0 Å². The van der Waals surface area contributed by atoms with E-state index in [1.54, 1.807) is 6.92 Å². The fourth-order valence-corrected chi connectivity index (χ4v) is 3.28. The highest BCUT2D eigenvalue weighted by Crippen LogP contribution is 2.33. The van der Waals surface area contributed by atoms with Gasteiger partial charge in [0, 0.05) is 23.7 Å². The van der Waals surface area contributed by atoms with Crippen molar-refractivity contribution in [1.82, 2.24) is 0 Å². The molecule has 0 radical (unpaired) electrons. The van der Waals surface area contributed by atoms with Gasteiger partial charge in [0.05, 0.1) is 0 Å². The summed E-state index contributed by atoms with van der Waals surface area (Å²) in [6.07, 6.45) is 3.23. The van der Waals surface area contributed by atoms with Crippen LogP contribution in [0.25, 0.3) is 0 Å². The topological polar surface area (TPSA) is 37.4 Å². The first-order valence-corrected chi connectivity index (χ1v) is 8.56. The van der Waals surface area contributed by atoms with Crippen LogP contribution in [-0.2, 0) is 17.6 Å². The number of benzene rings is 2. The van der Waals surface area contributed by atoms with E-state index < -0.39 is 0 Å². The van der Waals surface area contributed by atoms with Gasteiger partial charge in [0.15, 0.2) is 0 Å². The Morgan fingerprint density at radius 2 is 1.88 bits per heavy atom. The number of ketones is 1. The number of fused-ring (bicyclic) bond motifs is 1. The molecule has 124 valence electrons. The highest BCUT2D eigenvalue weighted by molar-refractivity contribution is 6.07. The molecule has 0 bridgehead atoms. The number of nitrogens with zero attached hydrogens (tertiary/aromatic N) is 1. The van der Waals surface area contributed by atoms with E-state index >= 15 is 0 Å². The lowest BCUT2D eigenvalue weighted by Crippen LogP contribution is -2.42. The molecule has 0 aliphatic carbocycles. The molecular formula is C21H23NO2. The molecule has 0 aromatic heterocycles. The summed E-state index contributed by atoms with van der Waals surface area (Å²) in [6.45, 7) is 3.72. The minimum absolute atomic E-state index is 0.0489. The van der Waals surface area contributed by atoms with Crippen LogP contribution >= 0.6 is 0 Å². The molecule has 0 saturated heterocycles. The van der Waals surface area contributed by atoms with Crippen molar-refractivity contribution < 1.29 is 9.59 Å². The van der Waals surface area contributed by atoms with Gasteiger partial charge in [-0.1, -0.05) is 30.3 Å². The molecule has 24 heavy (non-hydrogen) atoms. The minimum atomic E-state index is 0.0489. The number of hydrogen-bond donors (Lipinski definition) is 0. The summed E-state index contributed by atoms with van der Waals surface area (Å²) in [5.41, 5.74) is 4.04. The van der Waals surface area contributed by atoms with E-state index in [-0.39, 0.29) is 17.7 Å². The van der Waals surface area contributed by atoms with Gasteiger partial charge in [-0.05, 0) is 62.4 Å². The van der Waals surface area contributed by atoms with E-state index in [0.717, 1.165) is 30.5 Å². The fraction of sp³-hybridized carbons (Fsp3) is 0.333. The van der Waals surface area contributed by atoms with Crippen molar-refractivity contribution in [3.8, 4) is 0 Å². The Morgan fingerprint density at radius 3 is 2.58 bits per heavy atom. The van der Waals surface area contributed by atoms with Crippen molar-refractivity contribution in [2.24, 2.45) is 0 Å². The average molecular weight is 321 g/mol. The molecule has 0 saturated carbocycles. The normalized spacial score (nSPS) is 16.6. The van der Waals surface area contributed by atoms with Gasteiger partial charge in [0.1, 0.15) is 5.78 Å². The van der Waals surface area contributed by atoms with E-state index in [0.29, 0.717) is 12.0 Å². The molecule has 3 nitrogen and oxygen atoms in total. The number of carbonyl (C=O) groups is 2. The Kier molecular flexibility index (Phi) is 4.79. The highest BCUT2D eigenvalue weighted by Gasteiger charge is 2.29. The molecule has 1 atom stereocenters. The SMILES string of the molecule is CC(=O)CCc1ccc2c(c1)N(C(=O)c1ccccc1)[C@@H](C)CC2. The van der Waals surface area contributed by atoms with Crippen molar-refractivity contribution in [2.75, 3.05) is 4.90 Å². The zero-order valence-corrected chi connectivity index (χ0v) is 14.3. The molecular weight excluding hydrogens is 298 g/mol. The molecule has 1 aliphatic heterocycles. The van der Waals surface area contributed by atoms with Gasteiger partial charge in [0.2, 0.25) is 0 Å². The number of amides is 1.